The number of hydrogen-bond donors (Lipinski definition) is 1. The van der Waals surface area contributed by atoms with E-state index in [1.165, 1.54) is 5.01 Å². The Morgan fingerprint density at radius 3 is 2.39 bits per heavy atom. The van der Waals surface area contributed by atoms with Crippen molar-refractivity contribution in [3.05, 3.63) is 77.4 Å². The molecule has 0 radical (unpaired) electrons. The minimum Gasteiger partial charge on any atom is -0.378 e. The Bertz CT molecular complexity index is 927. The molecule has 0 unspecified atom stereocenters. The van der Waals surface area contributed by atoms with E-state index in [-0.39, 0.29) is 12.5 Å². The summed E-state index contributed by atoms with van der Waals surface area (Å²) in [6.07, 6.45) is 5.39. The molecule has 0 aromatic heterocycles. The minimum absolute atomic E-state index is 0.161. The first-order valence-electron chi connectivity index (χ1n) is 8.90. The van der Waals surface area contributed by atoms with E-state index in [1.807, 2.05) is 80.5 Å². The molecule has 1 aliphatic rings. The molecule has 2 aromatic rings. The van der Waals surface area contributed by atoms with Gasteiger partial charge in [-0.2, -0.15) is 10.1 Å². The third-order valence-corrected chi connectivity index (χ3v) is 4.40. The van der Waals surface area contributed by atoms with E-state index in [2.05, 4.69) is 9.99 Å². The van der Waals surface area contributed by atoms with Gasteiger partial charge in [0.2, 0.25) is 0 Å². The van der Waals surface area contributed by atoms with Gasteiger partial charge in [0.25, 0.3) is 5.91 Å². The first kappa shape index (κ1) is 19.5. The molecule has 0 bridgehead atoms. The number of rotatable bonds is 6. The Morgan fingerprint density at radius 1 is 1.11 bits per heavy atom. The van der Waals surface area contributed by atoms with Crippen molar-refractivity contribution in [1.29, 1.82) is 0 Å². The minimum atomic E-state index is -0.261. The maximum absolute atomic E-state index is 12.8. The van der Waals surface area contributed by atoms with E-state index in [4.69, 9.17) is 5.26 Å². The fourth-order valence-electron chi connectivity index (χ4n) is 2.79. The van der Waals surface area contributed by atoms with E-state index < -0.39 is 0 Å². The number of hydrogen-bond acceptors (Lipinski definition) is 5. The zero-order valence-electron chi connectivity index (χ0n) is 16.2. The topological polar surface area (TPSA) is 65.4 Å². The van der Waals surface area contributed by atoms with Gasteiger partial charge in [0.05, 0.1) is 11.3 Å². The zero-order valence-corrected chi connectivity index (χ0v) is 16.2. The number of benzene rings is 2. The first-order valence-corrected chi connectivity index (χ1v) is 8.90. The Labute approximate surface area is 164 Å². The molecule has 28 heavy (non-hydrogen) atoms. The average Bonchev–Trinajstić information content (AvgIpc) is 2.99. The Balaban J connectivity index is 1.81. The van der Waals surface area contributed by atoms with Crippen LogP contribution in [0.3, 0.4) is 0 Å². The maximum Gasteiger partial charge on any atom is 0.280 e. The Kier molecular flexibility index (Phi) is 6.03. The summed E-state index contributed by atoms with van der Waals surface area (Å²) in [6.45, 7) is 1.82. The van der Waals surface area contributed by atoms with E-state index in [1.54, 1.807) is 12.2 Å². The highest BCUT2D eigenvalue weighted by atomic mass is 17.1. The fraction of sp³-hybridized carbons (Fsp3) is 0.182. The largest absolute Gasteiger partial charge is 0.378 e. The average molecular weight is 377 g/mol. The van der Waals surface area contributed by atoms with E-state index in [0.717, 1.165) is 16.8 Å². The van der Waals surface area contributed by atoms with Crippen molar-refractivity contribution < 1.29 is 14.9 Å². The van der Waals surface area contributed by atoms with Gasteiger partial charge < -0.3 is 4.90 Å². The highest BCUT2D eigenvalue weighted by Gasteiger charge is 2.30. The Morgan fingerprint density at radius 2 is 1.79 bits per heavy atom. The van der Waals surface area contributed by atoms with Crippen LogP contribution in [-0.4, -0.2) is 37.6 Å². The normalized spacial score (nSPS) is 15.6. The Hall–Kier alpha value is -3.22. The van der Waals surface area contributed by atoms with Crippen LogP contribution in [0.1, 0.15) is 11.1 Å². The van der Waals surface area contributed by atoms with Gasteiger partial charge >= 0.3 is 0 Å². The van der Waals surface area contributed by atoms with Crippen LogP contribution in [0.5, 0.6) is 0 Å². The quantitative estimate of drug-likeness (QED) is 0.471. The zero-order chi connectivity index (χ0) is 20.1. The lowest BCUT2D eigenvalue weighted by atomic mass is 10.1. The molecule has 1 amide bonds. The van der Waals surface area contributed by atoms with Crippen molar-refractivity contribution in [2.45, 2.75) is 6.92 Å². The molecule has 0 saturated carbocycles. The summed E-state index contributed by atoms with van der Waals surface area (Å²) in [5.74, 6) is -0.261. The molecule has 0 saturated heterocycles. The molecule has 1 N–H and O–H groups in total. The van der Waals surface area contributed by atoms with Crippen LogP contribution in [0.15, 0.2) is 71.4 Å². The van der Waals surface area contributed by atoms with Crippen LogP contribution in [0.2, 0.25) is 0 Å². The van der Waals surface area contributed by atoms with Gasteiger partial charge in [-0.25, -0.2) is 4.89 Å². The molecule has 6 nitrogen and oxygen atoms in total. The number of carbonyl (C=O) groups is 1. The fourth-order valence-corrected chi connectivity index (χ4v) is 2.79. The number of nitrogens with zero attached hydrogens (tertiary/aromatic N) is 3. The van der Waals surface area contributed by atoms with Crippen LogP contribution >= 0.6 is 0 Å². The van der Waals surface area contributed by atoms with Crippen molar-refractivity contribution in [3.63, 3.8) is 0 Å². The van der Waals surface area contributed by atoms with Gasteiger partial charge in [-0.15, -0.1) is 0 Å². The van der Waals surface area contributed by atoms with Gasteiger partial charge in [-0.3, -0.25) is 10.1 Å². The molecule has 0 fully saturated rings. The van der Waals surface area contributed by atoms with E-state index in [9.17, 15) is 4.79 Å². The predicted octanol–water partition coefficient (Wildman–Crippen LogP) is 3.89. The van der Waals surface area contributed by atoms with E-state index in [0.29, 0.717) is 17.0 Å². The van der Waals surface area contributed by atoms with Gasteiger partial charge in [-0.05, 0) is 42.8 Å². The molecular formula is C22H23N3O3. The lowest BCUT2D eigenvalue weighted by Crippen LogP contribution is -2.21. The lowest BCUT2D eigenvalue weighted by Gasteiger charge is -2.11. The van der Waals surface area contributed by atoms with Gasteiger partial charge in [-0.1, -0.05) is 42.0 Å². The summed E-state index contributed by atoms with van der Waals surface area (Å²) < 4.78 is 0. The summed E-state index contributed by atoms with van der Waals surface area (Å²) in [6, 6.07) is 15.6. The summed E-state index contributed by atoms with van der Waals surface area (Å²) >= 11 is 0. The highest BCUT2D eigenvalue weighted by molar-refractivity contribution is 6.31. The second-order valence-electron chi connectivity index (χ2n) is 6.70. The van der Waals surface area contributed by atoms with Gasteiger partial charge in [0.1, 0.15) is 12.3 Å². The van der Waals surface area contributed by atoms with Crippen molar-refractivity contribution in [2.75, 3.05) is 30.6 Å². The molecule has 0 aliphatic carbocycles. The number of carbonyl (C=O) groups excluding carboxylic acids is 1. The predicted molar refractivity (Wildman–Crippen MR) is 113 cm³/mol. The molecule has 1 aliphatic heterocycles. The monoisotopic (exact) mass is 377 g/mol. The van der Waals surface area contributed by atoms with Crippen molar-refractivity contribution in [2.24, 2.45) is 5.10 Å². The van der Waals surface area contributed by atoms with Crippen LogP contribution in [0, 0.1) is 6.92 Å². The standard InChI is InChI=1S/C22H23N3O3/c1-16-7-11-19(12-8-16)25-22(26)20(21(23-25)15-28-27)6-4-5-17-9-13-18(14-10-17)24(2)3/h4-14,27H,15H2,1-3H3/b5-4+,20-6-. The second-order valence-corrected chi connectivity index (χ2v) is 6.70. The summed E-state index contributed by atoms with van der Waals surface area (Å²) in [5, 5.41) is 14.5. The second kappa shape index (κ2) is 8.65. The first-order chi connectivity index (χ1) is 13.5. The van der Waals surface area contributed by atoms with Crippen molar-refractivity contribution >= 4 is 29.1 Å². The smallest absolute Gasteiger partial charge is 0.280 e. The maximum atomic E-state index is 12.8. The summed E-state index contributed by atoms with van der Waals surface area (Å²) in [4.78, 5) is 19.1. The number of hydrazone groups is 1. The van der Waals surface area contributed by atoms with Crippen molar-refractivity contribution in [3.8, 4) is 0 Å². The van der Waals surface area contributed by atoms with Crippen LogP contribution in [0.4, 0.5) is 11.4 Å². The van der Waals surface area contributed by atoms with Crippen LogP contribution in [0.25, 0.3) is 6.08 Å². The summed E-state index contributed by atoms with van der Waals surface area (Å²) in [5.41, 5.74) is 4.65. The van der Waals surface area contributed by atoms with Crippen molar-refractivity contribution in [1.82, 2.24) is 0 Å². The lowest BCUT2D eigenvalue weighted by molar-refractivity contribution is -0.227. The SMILES string of the molecule is Cc1ccc(N2N=C(COO)/C(=C/C=C/c3ccc(N(C)C)cc3)C2=O)cc1. The molecular weight excluding hydrogens is 354 g/mol. The third-order valence-electron chi connectivity index (χ3n) is 4.40. The molecule has 3 rings (SSSR count). The third kappa shape index (κ3) is 4.36. The van der Waals surface area contributed by atoms with Gasteiger partial charge in [0.15, 0.2) is 0 Å². The molecule has 0 spiro atoms. The molecule has 1 heterocycles. The van der Waals surface area contributed by atoms with E-state index >= 15 is 0 Å². The molecule has 2 aromatic carbocycles. The molecule has 6 heteroatoms. The number of allylic oxidation sites excluding steroid dienone is 2. The number of amides is 1. The van der Waals surface area contributed by atoms with Crippen LogP contribution in [-0.2, 0) is 9.68 Å². The highest BCUT2D eigenvalue weighted by Crippen LogP contribution is 2.24. The number of aryl methyl sites for hydroxylation is 1. The number of anilines is 2. The summed E-state index contributed by atoms with van der Waals surface area (Å²) in [7, 11) is 3.98. The molecule has 144 valence electrons. The van der Waals surface area contributed by atoms with Crippen LogP contribution < -0.4 is 9.91 Å². The molecule has 0 atom stereocenters. The van der Waals surface area contributed by atoms with Gasteiger partial charge in [0, 0.05) is 19.8 Å².